The van der Waals surface area contributed by atoms with Crippen molar-refractivity contribution in [3.8, 4) is 11.5 Å². The van der Waals surface area contributed by atoms with E-state index in [-0.39, 0.29) is 62.9 Å². The first kappa shape index (κ1) is 24.8. The van der Waals surface area contributed by atoms with Gasteiger partial charge in [0.25, 0.3) is 0 Å². The molecule has 6 heteroatoms. The number of fused-ring (bicyclic) bond motifs is 2. The number of hydrogen-bond acceptors (Lipinski definition) is 5. The van der Waals surface area contributed by atoms with Crippen LogP contribution in [-0.4, -0.2) is 19.1 Å². The molecular formula is C26H27KN2O3. The maximum absolute atomic E-state index is 11.9. The second-order valence-electron chi connectivity index (χ2n) is 7.88. The predicted molar refractivity (Wildman–Crippen MR) is 122 cm³/mol. The summed E-state index contributed by atoms with van der Waals surface area (Å²) >= 11 is 0. The van der Waals surface area contributed by atoms with Gasteiger partial charge in [-0.15, -0.1) is 0 Å². The third-order valence-corrected chi connectivity index (χ3v) is 5.78. The van der Waals surface area contributed by atoms with Crippen LogP contribution in [0.3, 0.4) is 0 Å². The zero-order valence-electron chi connectivity index (χ0n) is 19.3. The first-order chi connectivity index (χ1) is 14.9. The number of carbonyl (C=O) groups excluding carboxylic acids is 1. The van der Waals surface area contributed by atoms with E-state index in [0.29, 0.717) is 5.56 Å². The van der Waals surface area contributed by atoms with Crippen molar-refractivity contribution in [2.75, 3.05) is 23.7 Å². The van der Waals surface area contributed by atoms with Gasteiger partial charge in [-0.1, -0.05) is 24.3 Å². The van der Waals surface area contributed by atoms with Gasteiger partial charge in [0.1, 0.15) is 11.5 Å². The molecular weight excluding hydrogens is 427 g/mol. The molecule has 1 aliphatic heterocycles. The normalized spacial score (nSPS) is 12.1. The van der Waals surface area contributed by atoms with Crippen LogP contribution in [0.25, 0.3) is 0 Å². The molecule has 0 atom stereocenters. The van der Waals surface area contributed by atoms with Crippen molar-refractivity contribution in [3.05, 3.63) is 81.9 Å². The molecule has 0 fully saturated rings. The average Bonchev–Trinajstić information content (AvgIpc) is 2.74. The monoisotopic (exact) mass is 454 g/mol. The second-order valence-corrected chi connectivity index (χ2v) is 7.88. The number of ether oxygens (including phenoxy) is 1. The molecule has 0 aliphatic carbocycles. The van der Waals surface area contributed by atoms with Crippen molar-refractivity contribution >= 4 is 17.3 Å². The number of rotatable bonds is 6. The van der Waals surface area contributed by atoms with Crippen LogP contribution in [0.1, 0.15) is 57.9 Å². The number of aryl methyl sites for hydroxylation is 2. The van der Waals surface area contributed by atoms with Gasteiger partial charge in [0.15, 0.2) is 0 Å². The van der Waals surface area contributed by atoms with Crippen LogP contribution in [0.15, 0.2) is 48.5 Å². The number of carboxylic acids is 1. The Morgan fingerprint density at radius 3 is 1.84 bits per heavy atom. The van der Waals surface area contributed by atoms with E-state index >= 15 is 0 Å². The SMILES string of the molecule is CCNc1cc2c(cc1C)C(c1ccccc1C(=O)[O-])c1cc(C)c(NCC)cc1O2.[K+]. The molecule has 5 nitrogen and oxygen atoms in total. The Morgan fingerprint density at radius 1 is 0.875 bits per heavy atom. The number of carboxylic acid groups (broad SMARTS) is 1. The summed E-state index contributed by atoms with van der Waals surface area (Å²) in [5.74, 6) is 0.0285. The third kappa shape index (κ3) is 4.61. The Kier molecular flexibility index (Phi) is 8.06. The maximum atomic E-state index is 11.9. The number of anilines is 2. The molecule has 0 unspecified atom stereocenters. The van der Waals surface area contributed by atoms with Gasteiger partial charge in [-0.05, 0) is 56.5 Å². The van der Waals surface area contributed by atoms with Gasteiger partial charge >= 0.3 is 51.4 Å². The minimum Gasteiger partial charge on any atom is -0.545 e. The Labute approximate surface area is 232 Å². The minimum absolute atomic E-state index is 0. The molecule has 0 bridgehead atoms. The number of benzene rings is 3. The van der Waals surface area contributed by atoms with Crippen molar-refractivity contribution in [2.45, 2.75) is 33.6 Å². The van der Waals surface area contributed by atoms with Gasteiger partial charge in [-0.25, -0.2) is 0 Å². The van der Waals surface area contributed by atoms with Crippen LogP contribution in [0.5, 0.6) is 11.5 Å². The number of hydrogen-bond donors (Lipinski definition) is 2. The summed E-state index contributed by atoms with van der Waals surface area (Å²) in [6, 6.07) is 15.3. The van der Waals surface area contributed by atoms with Crippen LogP contribution in [0.2, 0.25) is 0 Å². The summed E-state index contributed by atoms with van der Waals surface area (Å²) in [5.41, 5.74) is 7.01. The molecule has 32 heavy (non-hydrogen) atoms. The average molecular weight is 455 g/mol. The molecule has 1 heterocycles. The molecule has 0 radical (unpaired) electrons. The van der Waals surface area contributed by atoms with Crippen molar-refractivity contribution in [1.29, 1.82) is 0 Å². The fraction of sp³-hybridized carbons (Fsp3) is 0.269. The van der Waals surface area contributed by atoms with E-state index in [9.17, 15) is 9.90 Å². The van der Waals surface area contributed by atoms with Gasteiger partial charge in [0.05, 0.1) is 5.97 Å². The largest absolute Gasteiger partial charge is 1.00 e. The summed E-state index contributed by atoms with van der Waals surface area (Å²) < 4.78 is 6.37. The van der Waals surface area contributed by atoms with E-state index < -0.39 is 5.97 Å². The summed E-state index contributed by atoms with van der Waals surface area (Å²) in [6.07, 6.45) is 0. The standard InChI is InChI=1S/C26H28N2O3.K/c1-5-27-21-13-23-19(11-15(21)3)25(17-9-7-8-10-18(17)26(29)30)20-12-16(4)22(28-6-2)14-24(20)31-23;/h7-14,25,27-28H,5-6H2,1-4H3,(H,29,30);/q;+1/p-1. The van der Waals surface area contributed by atoms with Crippen molar-refractivity contribution in [2.24, 2.45) is 0 Å². The summed E-state index contributed by atoms with van der Waals surface area (Å²) in [5, 5.41) is 18.7. The zero-order chi connectivity index (χ0) is 22.1. The van der Waals surface area contributed by atoms with Gasteiger partial charge in [-0.3, -0.25) is 0 Å². The molecule has 0 spiro atoms. The zero-order valence-corrected chi connectivity index (χ0v) is 22.5. The van der Waals surface area contributed by atoms with Crippen LogP contribution >= 0.6 is 0 Å². The number of nitrogens with one attached hydrogen (secondary N) is 2. The summed E-state index contributed by atoms with van der Waals surface area (Å²) in [4.78, 5) is 11.9. The molecule has 0 aromatic heterocycles. The molecule has 1 aliphatic rings. The van der Waals surface area contributed by atoms with Crippen molar-refractivity contribution in [1.82, 2.24) is 0 Å². The summed E-state index contributed by atoms with van der Waals surface area (Å²) in [7, 11) is 0. The number of aromatic carboxylic acids is 1. The van der Waals surface area contributed by atoms with Gasteiger partial charge in [-0.2, -0.15) is 0 Å². The van der Waals surface area contributed by atoms with E-state index in [0.717, 1.165) is 58.2 Å². The van der Waals surface area contributed by atoms with Crippen molar-refractivity contribution in [3.63, 3.8) is 0 Å². The quantitative estimate of drug-likeness (QED) is 0.435. The van der Waals surface area contributed by atoms with E-state index in [4.69, 9.17) is 4.74 Å². The van der Waals surface area contributed by atoms with Crippen LogP contribution < -0.4 is 71.9 Å². The Hall–Kier alpha value is -1.83. The topological polar surface area (TPSA) is 73.4 Å². The van der Waals surface area contributed by atoms with E-state index in [1.807, 2.05) is 24.3 Å². The molecule has 3 aromatic rings. The molecule has 160 valence electrons. The molecule has 0 saturated carbocycles. The minimum atomic E-state index is -1.17. The van der Waals surface area contributed by atoms with E-state index in [1.54, 1.807) is 12.1 Å². The Balaban J connectivity index is 0.00000289. The third-order valence-electron chi connectivity index (χ3n) is 5.78. The first-order valence-corrected chi connectivity index (χ1v) is 10.7. The van der Waals surface area contributed by atoms with E-state index in [1.165, 1.54) is 0 Å². The molecule has 2 N–H and O–H groups in total. The van der Waals surface area contributed by atoms with Gasteiger partial charge in [0.2, 0.25) is 0 Å². The smallest absolute Gasteiger partial charge is 0.545 e. The van der Waals surface area contributed by atoms with Gasteiger partial charge in [0, 0.05) is 59.2 Å². The first-order valence-electron chi connectivity index (χ1n) is 10.7. The maximum Gasteiger partial charge on any atom is 1.00 e. The molecule has 4 rings (SSSR count). The molecule has 3 aromatic carbocycles. The Morgan fingerprint density at radius 2 is 1.38 bits per heavy atom. The second kappa shape index (κ2) is 10.4. The predicted octanol–water partition coefficient (Wildman–Crippen LogP) is 1.82. The summed E-state index contributed by atoms with van der Waals surface area (Å²) in [6.45, 7) is 9.82. The van der Waals surface area contributed by atoms with E-state index in [2.05, 4.69) is 50.5 Å². The fourth-order valence-corrected chi connectivity index (χ4v) is 4.37. The van der Waals surface area contributed by atoms with Gasteiger partial charge < -0.3 is 25.3 Å². The molecule has 0 saturated heterocycles. The fourth-order valence-electron chi connectivity index (χ4n) is 4.37. The Bertz CT molecular complexity index is 1100. The van der Waals surface area contributed by atoms with Crippen LogP contribution in [-0.2, 0) is 0 Å². The van der Waals surface area contributed by atoms with Crippen LogP contribution in [0.4, 0.5) is 11.4 Å². The van der Waals surface area contributed by atoms with Crippen molar-refractivity contribution < 1.29 is 66.0 Å². The van der Waals surface area contributed by atoms with Crippen LogP contribution in [0, 0.1) is 13.8 Å². The molecule has 0 amide bonds. The number of carbonyl (C=O) groups is 1.